The maximum Gasteiger partial charge on any atom is 0.0573 e. The van der Waals surface area contributed by atoms with Gasteiger partial charge in [-0.15, -0.1) is 0 Å². The zero-order valence-electron chi connectivity index (χ0n) is 11.6. The summed E-state index contributed by atoms with van der Waals surface area (Å²) in [4.78, 5) is 7.01. The number of rotatable bonds is 4. The van der Waals surface area contributed by atoms with E-state index in [1.54, 1.807) is 0 Å². The molecule has 2 unspecified atom stereocenters. The first-order valence-corrected chi connectivity index (χ1v) is 7.09. The lowest BCUT2D eigenvalue weighted by Gasteiger charge is -2.38. The van der Waals surface area contributed by atoms with Crippen LogP contribution in [-0.2, 0) is 6.54 Å². The number of nitrogens with zero attached hydrogens (tertiary/aromatic N) is 2. The fraction of sp³-hybridized carbons (Fsp3) is 0.667. The van der Waals surface area contributed by atoms with E-state index in [-0.39, 0.29) is 0 Å². The summed E-state index contributed by atoms with van der Waals surface area (Å²) in [7, 11) is 0. The summed E-state index contributed by atoms with van der Waals surface area (Å²) in [6.45, 7) is 7.30. The lowest BCUT2D eigenvalue weighted by atomic mass is 9.88. The molecule has 1 aromatic heterocycles. The highest BCUT2D eigenvalue weighted by Gasteiger charge is 2.26. The van der Waals surface area contributed by atoms with Crippen molar-refractivity contribution in [1.82, 2.24) is 9.88 Å². The molecule has 0 aromatic carbocycles. The van der Waals surface area contributed by atoms with E-state index in [2.05, 4.69) is 29.8 Å². The van der Waals surface area contributed by atoms with Crippen LogP contribution >= 0.6 is 0 Å². The van der Waals surface area contributed by atoms with Gasteiger partial charge in [-0.1, -0.05) is 19.4 Å². The summed E-state index contributed by atoms with van der Waals surface area (Å²) in [6.07, 6.45) is 5.73. The molecule has 1 aliphatic heterocycles. The van der Waals surface area contributed by atoms with Crippen LogP contribution in [-0.4, -0.2) is 29.0 Å². The van der Waals surface area contributed by atoms with Crippen LogP contribution in [0.25, 0.3) is 0 Å². The first-order valence-electron chi connectivity index (χ1n) is 7.09. The van der Waals surface area contributed by atoms with Gasteiger partial charge < -0.3 is 5.73 Å². The predicted molar refractivity (Wildman–Crippen MR) is 75.2 cm³/mol. The zero-order chi connectivity index (χ0) is 13.0. The van der Waals surface area contributed by atoms with Crippen molar-refractivity contribution in [3.63, 3.8) is 0 Å². The molecule has 18 heavy (non-hydrogen) atoms. The number of aryl methyl sites for hydroxylation is 1. The molecule has 0 amide bonds. The van der Waals surface area contributed by atoms with Crippen LogP contribution in [0.4, 0.5) is 0 Å². The summed E-state index contributed by atoms with van der Waals surface area (Å²) in [5, 5.41) is 0. The van der Waals surface area contributed by atoms with E-state index >= 15 is 0 Å². The van der Waals surface area contributed by atoms with Crippen molar-refractivity contribution in [2.24, 2.45) is 11.7 Å². The van der Waals surface area contributed by atoms with E-state index in [0.717, 1.165) is 25.6 Å². The molecule has 1 aliphatic rings. The molecule has 100 valence electrons. The average Bonchev–Trinajstić information content (AvgIpc) is 2.41. The topological polar surface area (TPSA) is 42.2 Å². The highest BCUT2D eigenvalue weighted by atomic mass is 15.2. The lowest BCUT2D eigenvalue weighted by molar-refractivity contribution is 0.106. The minimum Gasteiger partial charge on any atom is -0.329 e. The molecule has 0 spiro atoms. The van der Waals surface area contributed by atoms with Crippen molar-refractivity contribution < 1.29 is 0 Å². The van der Waals surface area contributed by atoms with Crippen molar-refractivity contribution in [1.29, 1.82) is 0 Å². The Morgan fingerprint density at radius 2 is 2.33 bits per heavy atom. The van der Waals surface area contributed by atoms with Crippen LogP contribution in [0.3, 0.4) is 0 Å². The minimum atomic E-state index is 0.533. The second kappa shape index (κ2) is 6.30. The van der Waals surface area contributed by atoms with Crippen LogP contribution in [0.5, 0.6) is 0 Å². The summed E-state index contributed by atoms with van der Waals surface area (Å²) >= 11 is 0. The molecule has 2 atom stereocenters. The molecule has 0 radical (unpaired) electrons. The quantitative estimate of drug-likeness (QED) is 0.888. The van der Waals surface area contributed by atoms with Crippen molar-refractivity contribution in [3.05, 3.63) is 29.6 Å². The molecule has 3 nitrogen and oxygen atoms in total. The van der Waals surface area contributed by atoms with Gasteiger partial charge in [-0.3, -0.25) is 9.88 Å². The Morgan fingerprint density at radius 1 is 1.50 bits per heavy atom. The van der Waals surface area contributed by atoms with Crippen molar-refractivity contribution in [2.45, 2.75) is 45.7 Å². The van der Waals surface area contributed by atoms with E-state index in [1.807, 2.05) is 12.3 Å². The largest absolute Gasteiger partial charge is 0.329 e. The van der Waals surface area contributed by atoms with Crippen molar-refractivity contribution in [3.8, 4) is 0 Å². The van der Waals surface area contributed by atoms with E-state index in [4.69, 9.17) is 5.73 Å². The van der Waals surface area contributed by atoms with Crippen LogP contribution in [0.15, 0.2) is 18.3 Å². The number of piperidine rings is 1. The number of likely N-dealkylation sites (tertiary alicyclic amines) is 1. The number of pyridine rings is 1. The molecule has 3 heteroatoms. The van der Waals surface area contributed by atoms with Crippen LogP contribution < -0.4 is 5.73 Å². The van der Waals surface area contributed by atoms with Crippen LogP contribution in [0, 0.1) is 12.8 Å². The standard InChI is InChI=1S/C15H25N3/c1-3-13-6-8-18(14(9-13)10-16)11-15-12(2)5-4-7-17-15/h4-5,7,13-14H,3,6,8-11,16H2,1-2H3. The fourth-order valence-electron chi connectivity index (χ4n) is 2.88. The van der Waals surface area contributed by atoms with Crippen LogP contribution in [0.2, 0.25) is 0 Å². The molecular formula is C15H25N3. The van der Waals surface area contributed by atoms with E-state index < -0.39 is 0 Å². The fourth-order valence-corrected chi connectivity index (χ4v) is 2.88. The molecule has 0 bridgehead atoms. The zero-order valence-corrected chi connectivity index (χ0v) is 11.6. The number of nitrogens with two attached hydrogens (primary N) is 1. The molecule has 1 saturated heterocycles. The first-order chi connectivity index (χ1) is 8.74. The van der Waals surface area contributed by atoms with Gasteiger partial charge in [0, 0.05) is 25.3 Å². The molecule has 1 fully saturated rings. The van der Waals surface area contributed by atoms with Gasteiger partial charge in [-0.05, 0) is 43.9 Å². The number of hydrogen-bond acceptors (Lipinski definition) is 3. The molecular weight excluding hydrogens is 222 g/mol. The Balaban J connectivity index is 2.02. The van der Waals surface area contributed by atoms with Gasteiger partial charge in [0.1, 0.15) is 0 Å². The monoisotopic (exact) mass is 247 g/mol. The molecule has 1 aromatic rings. The summed E-state index contributed by atoms with van der Waals surface area (Å²) in [6, 6.07) is 4.67. The second-order valence-corrected chi connectivity index (χ2v) is 5.43. The Labute approximate surface area is 110 Å². The van der Waals surface area contributed by atoms with Gasteiger partial charge in [-0.2, -0.15) is 0 Å². The predicted octanol–water partition coefficient (Wildman–Crippen LogP) is 2.34. The Hall–Kier alpha value is -0.930. The smallest absolute Gasteiger partial charge is 0.0573 e. The van der Waals surface area contributed by atoms with Gasteiger partial charge in [0.15, 0.2) is 0 Å². The van der Waals surface area contributed by atoms with Crippen molar-refractivity contribution >= 4 is 0 Å². The van der Waals surface area contributed by atoms with E-state index in [9.17, 15) is 0 Å². The van der Waals surface area contributed by atoms with E-state index in [0.29, 0.717) is 6.04 Å². The van der Waals surface area contributed by atoms with Crippen molar-refractivity contribution in [2.75, 3.05) is 13.1 Å². The summed E-state index contributed by atoms with van der Waals surface area (Å²) in [5.41, 5.74) is 8.42. The van der Waals surface area contributed by atoms with Gasteiger partial charge in [0.25, 0.3) is 0 Å². The second-order valence-electron chi connectivity index (χ2n) is 5.43. The third kappa shape index (κ3) is 3.09. The van der Waals surface area contributed by atoms with Gasteiger partial charge in [0.2, 0.25) is 0 Å². The van der Waals surface area contributed by atoms with Gasteiger partial charge in [-0.25, -0.2) is 0 Å². The van der Waals surface area contributed by atoms with Gasteiger partial charge in [0.05, 0.1) is 5.69 Å². The maximum absolute atomic E-state index is 5.94. The molecule has 0 aliphatic carbocycles. The SMILES string of the molecule is CCC1CCN(Cc2ncccc2C)C(CN)C1. The number of hydrogen-bond donors (Lipinski definition) is 1. The normalized spacial score (nSPS) is 25.3. The number of aromatic nitrogens is 1. The average molecular weight is 247 g/mol. The third-order valence-corrected chi connectivity index (χ3v) is 4.27. The molecule has 0 saturated carbocycles. The Kier molecular flexibility index (Phi) is 4.72. The summed E-state index contributed by atoms with van der Waals surface area (Å²) < 4.78 is 0. The minimum absolute atomic E-state index is 0.533. The maximum atomic E-state index is 5.94. The molecule has 2 heterocycles. The Morgan fingerprint density at radius 3 is 3.00 bits per heavy atom. The van der Waals surface area contributed by atoms with Gasteiger partial charge >= 0.3 is 0 Å². The molecule has 2 rings (SSSR count). The highest BCUT2D eigenvalue weighted by Crippen LogP contribution is 2.26. The lowest BCUT2D eigenvalue weighted by Crippen LogP contribution is -2.46. The molecule has 2 N–H and O–H groups in total. The highest BCUT2D eigenvalue weighted by molar-refractivity contribution is 5.17. The van der Waals surface area contributed by atoms with Crippen LogP contribution in [0.1, 0.15) is 37.4 Å². The van der Waals surface area contributed by atoms with E-state index in [1.165, 1.54) is 30.5 Å². The third-order valence-electron chi connectivity index (χ3n) is 4.27. The Bertz CT molecular complexity index is 378. The summed E-state index contributed by atoms with van der Waals surface area (Å²) in [5.74, 6) is 0.861. The first kappa shape index (κ1) is 13.5.